The Morgan fingerprint density at radius 3 is 3.04 bits per heavy atom. The second-order valence-corrected chi connectivity index (χ2v) is 6.39. The molecule has 1 atom stereocenters. The fraction of sp³-hybridized carbons (Fsp3) is 0.263. The summed E-state index contributed by atoms with van der Waals surface area (Å²) in [4.78, 5) is 34.6. The van der Waals surface area contributed by atoms with Gasteiger partial charge in [0, 0.05) is 31.0 Å². The van der Waals surface area contributed by atoms with Gasteiger partial charge in [0.25, 0.3) is 0 Å². The third-order valence-corrected chi connectivity index (χ3v) is 4.27. The lowest BCUT2D eigenvalue weighted by Gasteiger charge is -2.31. The number of methoxy groups -OCH3 is 1. The van der Waals surface area contributed by atoms with Crippen LogP contribution in [-0.2, 0) is 4.74 Å². The van der Waals surface area contributed by atoms with Crippen LogP contribution in [-0.4, -0.2) is 48.8 Å². The molecule has 140 valence electrons. The molecule has 0 fully saturated rings. The molecule has 0 aromatic heterocycles. The highest BCUT2D eigenvalue weighted by atomic mass is 35.5. The van der Waals surface area contributed by atoms with Crippen molar-refractivity contribution < 1.29 is 14.3 Å². The van der Waals surface area contributed by atoms with Crippen LogP contribution in [0.4, 0.5) is 15.3 Å². The van der Waals surface area contributed by atoms with Crippen molar-refractivity contribution in [1.82, 2.24) is 4.90 Å². The number of benzene rings is 1. The molecule has 0 bridgehead atoms. The Bertz CT molecular complexity index is 860. The smallest absolute Gasteiger partial charge is 0.349 e. The zero-order valence-corrected chi connectivity index (χ0v) is 15.5. The molecule has 2 aliphatic rings. The Morgan fingerprint density at radius 1 is 1.41 bits per heavy atom. The SMILES string of the molecule is COCCCN1C(=O)N=C2C=CC=CC2/C1=N/C(=O)Nc1cccc(Cl)c1. The zero-order chi connectivity index (χ0) is 19.2. The van der Waals surface area contributed by atoms with Crippen molar-refractivity contribution in [1.29, 1.82) is 0 Å². The average molecular weight is 387 g/mol. The minimum absolute atomic E-state index is 0.347. The van der Waals surface area contributed by atoms with E-state index < -0.39 is 12.1 Å². The minimum Gasteiger partial charge on any atom is -0.385 e. The number of aliphatic imine (C=N–C) groups is 2. The third-order valence-electron chi connectivity index (χ3n) is 4.03. The monoisotopic (exact) mass is 386 g/mol. The molecule has 0 radical (unpaired) electrons. The van der Waals surface area contributed by atoms with Crippen molar-refractivity contribution >= 4 is 40.9 Å². The fourth-order valence-corrected chi connectivity index (χ4v) is 3.01. The first-order chi connectivity index (χ1) is 13.1. The number of anilines is 1. The lowest BCUT2D eigenvalue weighted by molar-refractivity contribution is 0.184. The van der Waals surface area contributed by atoms with E-state index in [2.05, 4.69) is 15.3 Å². The Morgan fingerprint density at radius 2 is 2.26 bits per heavy atom. The highest BCUT2D eigenvalue weighted by molar-refractivity contribution is 6.31. The molecule has 7 nitrogen and oxygen atoms in total. The molecule has 1 unspecified atom stereocenters. The second kappa shape index (κ2) is 8.75. The Kier molecular flexibility index (Phi) is 6.16. The number of hydrogen-bond acceptors (Lipinski definition) is 3. The van der Waals surface area contributed by atoms with Crippen LogP contribution in [0.3, 0.4) is 0 Å². The summed E-state index contributed by atoms with van der Waals surface area (Å²) < 4.78 is 5.05. The van der Waals surface area contributed by atoms with Crippen molar-refractivity contribution in [2.24, 2.45) is 15.9 Å². The summed E-state index contributed by atoms with van der Waals surface area (Å²) in [6.07, 6.45) is 7.86. The van der Waals surface area contributed by atoms with E-state index in [1.165, 1.54) is 4.90 Å². The third kappa shape index (κ3) is 4.69. The number of rotatable bonds is 5. The average Bonchev–Trinajstić information content (AvgIpc) is 2.64. The number of fused-ring (bicyclic) bond motifs is 1. The standard InChI is InChI=1S/C19H19ClN4O3/c1-27-11-5-10-24-17(15-8-2-3-9-16(15)22-19(24)26)23-18(25)21-14-7-4-6-13(20)12-14/h2-4,6-9,12,15H,5,10-11H2,1H3,(H,21,25)/b23-17-. The molecular weight excluding hydrogens is 368 g/mol. The number of nitrogens with one attached hydrogen (secondary N) is 1. The predicted octanol–water partition coefficient (Wildman–Crippen LogP) is 3.93. The van der Waals surface area contributed by atoms with E-state index in [0.29, 0.717) is 41.8 Å². The molecule has 8 heteroatoms. The van der Waals surface area contributed by atoms with Crippen LogP contribution in [0.2, 0.25) is 5.02 Å². The first kappa shape index (κ1) is 19.0. The largest absolute Gasteiger partial charge is 0.385 e. The van der Waals surface area contributed by atoms with Gasteiger partial charge in [-0.3, -0.25) is 4.90 Å². The van der Waals surface area contributed by atoms with Crippen LogP contribution in [0.1, 0.15) is 6.42 Å². The van der Waals surface area contributed by atoms with Crippen molar-refractivity contribution in [2.75, 3.05) is 25.6 Å². The summed E-state index contributed by atoms with van der Waals surface area (Å²) in [5.41, 5.74) is 1.10. The first-order valence-corrected chi connectivity index (χ1v) is 8.85. The molecular formula is C19H19ClN4O3. The summed E-state index contributed by atoms with van der Waals surface area (Å²) in [7, 11) is 1.59. The first-order valence-electron chi connectivity index (χ1n) is 8.47. The number of nitrogens with zero attached hydrogens (tertiary/aromatic N) is 3. The van der Waals surface area contributed by atoms with Gasteiger partial charge in [0.15, 0.2) is 0 Å². The van der Waals surface area contributed by atoms with Crippen LogP contribution in [0.25, 0.3) is 0 Å². The lowest BCUT2D eigenvalue weighted by Crippen LogP contribution is -2.47. The van der Waals surface area contributed by atoms with Gasteiger partial charge >= 0.3 is 12.1 Å². The normalized spacial score (nSPS) is 19.9. The van der Waals surface area contributed by atoms with Crippen LogP contribution >= 0.6 is 11.6 Å². The van der Waals surface area contributed by atoms with Gasteiger partial charge in [-0.15, -0.1) is 0 Å². The van der Waals surface area contributed by atoms with E-state index in [9.17, 15) is 9.59 Å². The molecule has 1 aliphatic carbocycles. The van der Waals surface area contributed by atoms with Gasteiger partial charge < -0.3 is 10.1 Å². The fourth-order valence-electron chi connectivity index (χ4n) is 2.82. The summed E-state index contributed by atoms with van der Waals surface area (Å²) in [6, 6.07) is 5.75. The van der Waals surface area contributed by atoms with Gasteiger partial charge in [0.1, 0.15) is 5.84 Å². The Balaban J connectivity index is 1.86. The van der Waals surface area contributed by atoms with Gasteiger partial charge in [-0.25, -0.2) is 9.59 Å². The Hall–Kier alpha value is -2.77. The van der Waals surface area contributed by atoms with Crippen molar-refractivity contribution in [2.45, 2.75) is 6.42 Å². The highest BCUT2D eigenvalue weighted by Crippen LogP contribution is 2.22. The van der Waals surface area contributed by atoms with Gasteiger partial charge in [-0.1, -0.05) is 35.9 Å². The van der Waals surface area contributed by atoms with Crippen LogP contribution in [0.5, 0.6) is 0 Å². The molecule has 0 spiro atoms. The maximum Gasteiger partial charge on any atom is 0.349 e. The number of carbonyl (C=O) groups is 2. The second-order valence-electron chi connectivity index (χ2n) is 5.95. The molecule has 0 saturated carbocycles. The van der Waals surface area contributed by atoms with E-state index in [-0.39, 0.29) is 5.92 Å². The van der Waals surface area contributed by atoms with Crippen molar-refractivity contribution in [3.8, 4) is 0 Å². The number of amidine groups is 1. The maximum absolute atomic E-state index is 12.5. The molecule has 1 heterocycles. The zero-order valence-electron chi connectivity index (χ0n) is 14.8. The van der Waals surface area contributed by atoms with E-state index >= 15 is 0 Å². The molecule has 1 N–H and O–H groups in total. The van der Waals surface area contributed by atoms with Crippen LogP contribution in [0.15, 0.2) is 58.6 Å². The number of allylic oxidation sites excluding steroid dienone is 3. The molecule has 27 heavy (non-hydrogen) atoms. The highest BCUT2D eigenvalue weighted by Gasteiger charge is 2.34. The summed E-state index contributed by atoms with van der Waals surface area (Å²) in [5, 5.41) is 3.18. The number of carbonyl (C=O) groups excluding carboxylic acids is 2. The topological polar surface area (TPSA) is 83.4 Å². The van der Waals surface area contributed by atoms with Crippen molar-refractivity contribution in [3.05, 3.63) is 53.6 Å². The van der Waals surface area contributed by atoms with E-state index in [1.54, 1.807) is 43.5 Å². The van der Waals surface area contributed by atoms with Gasteiger partial charge in [0.05, 0.1) is 11.6 Å². The van der Waals surface area contributed by atoms with Gasteiger partial charge in [-0.2, -0.15) is 9.98 Å². The van der Waals surface area contributed by atoms with E-state index in [1.807, 2.05) is 12.2 Å². The van der Waals surface area contributed by atoms with Crippen LogP contribution in [0, 0.1) is 5.92 Å². The molecule has 1 aromatic rings. The predicted molar refractivity (Wildman–Crippen MR) is 106 cm³/mol. The number of amides is 4. The van der Waals surface area contributed by atoms with Gasteiger partial charge in [0.2, 0.25) is 0 Å². The lowest BCUT2D eigenvalue weighted by atomic mass is 9.94. The Labute approximate surface area is 162 Å². The molecule has 0 saturated heterocycles. The number of urea groups is 2. The van der Waals surface area contributed by atoms with E-state index in [4.69, 9.17) is 16.3 Å². The summed E-state index contributed by atoms with van der Waals surface area (Å²) in [6.45, 7) is 0.851. The number of ether oxygens (including phenoxy) is 1. The number of hydrogen-bond donors (Lipinski definition) is 1. The summed E-state index contributed by atoms with van der Waals surface area (Å²) >= 11 is 5.94. The van der Waals surface area contributed by atoms with Crippen molar-refractivity contribution in [3.63, 3.8) is 0 Å². The maximum atomic E-state index is 12.5. The molecule has 1 aliphatic heterocycles. The minimum atomic E-state index is -0.582. The quantitative estimate of drug-likeness (QED) is 0.778. The molecule has 3 rings (SSSR count). The van der Waals surface area contributed by atoms with Gasteiger partial charge in [-0.05, 0) is 30.7 Å². The number of halogens is 1. The van der Waals surface area contributed by atoms with E-state index in [0.717, 1.165) is 0 Å². The van der Waals surface area contributed by atoms with Crippen LogP contribution < -0.4 is 5.32 Å². The molecule has 1 aromatic carbocycles. The molecule has 4 amide bonds. The summed E-state index contributed by atoms with van der Waals surface area (Å²) in [5.74, 6) is 0.00147.